The Morgan fingerprint density at radius 3 is 2.50 bits per heavy atom. The van der Waals surface area contributed by atoms with Crippen LogP contribution >= 0.6 is 0 Å². The number of carbonyl (C=O) groups excluding carboxylic acids is 1. The Hall–Kier alpha value is -2.40. The number of rotatable bonds is 7. The number of hydrogen-bond acceptors (Lipinski definition) is 4. The van der Waals surface area contributed by atoms with Gasteiger partial charge in [0.2, 0.25) is 5.91 Å². The van der Waals surface area contributed by atoms with Gasteiger partial charge in [-0.15, -0.1) is 0 Å². The van der Waals surface area contributed by atoms with Crippen LogP contribution in [0.4, 0.5) is 0 Å². The second-order valence-electron chi connectivity index (χ2n) is 9.37. The van der Waals surface area contributed by atoms with E-state index in [1.54, 1.807) is 12.4 Å². The minimum Gasteiger partial charge on any atom is -0.493 e. The number of carbonyl (C=O) groups is 1. The highest BCUT2D eigenvalue weighted by Gasteiger charge is 2.46. The first-order valence-electron chi connectivity index (χ1n) is 11.1. The zero-order valence-corrected chi connectivity index (χ0v) is 18.2. The number of pyridine rings is 1. The van der Waals surface area contributed by atoms with Gasteiger partial charge in [-0.25, -0.2) is 0 Å². The Bertz CT molecular complexity index is 836. The molecule has 1 amide bonds. The van der Waals surface area contributed by atoms with E-state index in [1.165, 1.54) is 18.4 Å². The molecule has 2 aromatic rings. The number of aromatic nitrogens is 1. The number of piperidine rings is 1. The predicted molar refractivity (Wildman–Crippen MR) is 118 cm³/mol. The standard InChI is InChI=1S/C25H33N3O2/c1-20(2)17-30-23-6-4-3-5-22(23)16-27-13-9-25(10-14-27)18-28(19-25)24(29)15-21-7-11-26-12-8-21/h3-8,11-12,20H,9-10,13-19H2,1-2H3. The first-order chi connectivity index (χ1) is 14.5. The van der Waals surface area contributed by atoms with Crippen LogP contribution in [0, 0.1) is 11.3 Å². The van der Waals surface area contributed by atoms with Crippen molar-refractivity contribution >= 4 is 5.91 Å². The maximum absolute atomic E-state index is 12.6. The minimum atomic E-state index is 0.241. The molecule has 0 N–H and O–H groups in total. The molecule has 5 heteroatoms. The lowest BCUT2D eigenvalue weighted by Gasteiger charge is -2.54. The molecule has 2 aliphatic rings. The molecular formula is C25H33N3O2. The molecule has 4 rings (SSSR count). The van der Waals surface area contributed by atoms with Crippen molar-refractivity contribution in [2.45, 2.75) is 39.7 Å². The summed E-state index contributed by atoms with van der Waals surface area (Å²) in [5, 5.41) is 0. The predicted octanol–water partition coefficient (Wildman–Crippen LogP) is 3.78. The number of amides is 1. The van der Waals surface area contributed by atoms with Gasteiger partial charge >= 0.3 is 0 Å². The summed E-state index contributed by atoms with van der Waals surface area (Å²) in [5.74, 6) is 1.78. The first-order valence-corrected chi connectivity index (χ1v) is 11.1. The maximum Gasteiger partial charge on any atom is 0.227 e. The third-order valence-corrected chi connectivity index (χ3v) is 6.37. The molecule has 0 radical (unpaired) electrons. The molecule has 1 spiro atoms. The minimum absolute atomic E-state index is 0.241. The van der Waals surface area contributed by atoms with Gasteiger partial charge in [0, 0.05) is 43.0 Å². The molecule has 160 valence electrons. The Balaban J connectivity index is 1.25. The van der Waals surface area contributed by atoms with Crippen LogP contribution in [0.25, 0.3) is 0 Å². The molecule has 5 nitrogen and oxygen atoms in total. The Morgan fingerprint density at radius 2 is 1.80 bits per heavy atom. The lowest BCUT2D eigenvalue weighted by atomic mass is 9.71. The van der Waals surface area contributed by atoms with Gasteiger partial charge in [0.15, 0.2) is 0 Å². The van der Waals surface area contributed by atoms with Gasteiger partial charge in [0.25, 0.3) is 0 Å². The third-order valence-electron chi connectivity index (χ3n) is 6.37. The van der Waals surface area contributed by atoms with Crippen molar-refractivity contribution < 1.29 is 9.53 Å². The Kier molecular flexibility index (Phi) is 6.38. The molecule has 2 fully saturated rings. The third kappa shape index (κ3) is 5.01. The molecular weight excluding hydrogens is 374 g/mol. The van der Waals surface area contributed by atoms with E-state index in [0.717, 1.165) is 50.6 Å². The fourth-order valence-electron chi connectivity index (χ4n) is 4.50. The van der Waals surface area contributed by atoms with Gasteiger partial charge in [0.05, 0.1) is 13.0 Å². The molecule has 30 heavy (non-hydrogen) atoms. The molecule has 0 bridgehead atoms. The van der Waals surface area contributed by atoms with Gasteiger partial charge < -0.3 is 9.64 Å². The van der Waals surface area contributed by atoms with Crippen LogP contribution in [0.1, 0.15) is 37.8 Å². The zero-order chi connectivity index (χ0) is 21.0. The van der Waals surface area contributed by atoms with Gasteiger partial charge in [-0.05, 0) is 55.6 Å². The second-order valence-corrected chi connectivity index (χ2v) is 9.37. The Labute approximate surface area is 180 Å². The Morgan fingerprint density at radius 1 is 1.10 bits per heavy atom. The van der Waals surface area contributed by atoms with Gasteiger partial charge in [-0.2, -0.15) is 0 Å². The average molecular weight is 408 g/mol. The summed E-state index contributed by atoms with van der Waals surface area (Å²) in [6, 6.07) is 12.3. The molecule has 2 aliphatic heterocycles. The van der Waals surface area contributed by atoms with Crippen LogP contribution in [0.3, 0.4) is 0 Å². The summed E-state index contributed by atoms with van der Waals surface area (Å²) < 4.78 is 6.03. The average Bonchev–Trinajstić information content (AvgIpc) is 2.73. The van der Waals surface area contributed by atoms with Crippen LogP contribution in [0.15, 0.2) is 48.8 Å². The molecule has 1 aromatic heterocycles. The number of para-hydroxylation sites is 1. The lowest BCUT2D eigenvalue weighted by molar-refractivity contribution is -0.146. The SMILES string of the molecule is CC(C)COc1ccccc1CN1CCC2(CC1)CN(C(=O)Cc1ccncc1)C2. The highest BCUT2D eigenvalue weighted by molar-refractivity contribution is 5.79. The molecule has 0 saturated carbocycles. The van der Waals surface area contributed by atoms with Crippen molar-refractivity contribution in [3.63, 3.8) is 0 Å². The number of ether oxygens (including phenoxy) is 1. The number of likely N-dealkylation sites (tertiary alicyclic amines) is 2. The first kappa shape index (κ1) is 20.9. The number of hydrogen-bond donors (Lipinski definition) is 0. The molecule has 1 aromatic carbocycles. The summed E-state index contributed by atoms with van der Waals surface area (Å²) in [5.41, 5.74) is 2.65. The maximum atomic E-state index is 12.6. The second kappa shape index (κ2) is 9.17. The van der Waals surface area contributed by atoms with Crippen LogP contribution in [-0.2, 0) is 17.8 Å². The molecule has 0 aliphatic carbocycles. The van der Waals surface area contributed by atoms with E-state index in [2.05, 4.69) is 48.0 Å². The van der Waals surface area contributed by atoms with E-state index >= 15 is 0 Å². The fraction of sp³-hybridized carbons (Fsp3) is 0.520. The summed E-state index contributed by atoms with van der Waals surface area (Å²) in [4.78, 5) is 21.1. The molecule has 0 atom stereocenters. The smallest absolute Gasteiger partial charge is 0.227 e. The fourth-order valence-corrected chi connectivity index (χ4v) is 4.50. The van der Waals surface area contributed by atoms with Crippen LogP contribution in [0.5, 0.6) is 5.75 Å². The van der Waals surface area contributed by atoms with Crippen molar-refractivity contribution in [2.24, 2.45) is 11.3 Å². The molecule has 3 heterocycles. The van der Waals surface area contributed by atoms with Gasteiger partial charge in [-0.3, -0.25) is 14.7 Å². The molecule has 2 saturated heterocycles. The molecule has 0 unspecified atom stereocenters. The monoisotopic (exact) mass is 407 g/mol. The summed E-state index contributed by atoms with van der Waals surface area (Å²) in [6.45, 7) is 10.1. The summed E-state index contributed by atoms with van der Waals surface area (Å²) >= 11 is 0. The number of nitrogens with zero attached hydrogens (tertiary/aromatic N) is 3. The van der Waals surface area contributed by atoms with E-state index in [9.17, 15) is 4.79 Å². The van der Waals surface area contributed by atoms with Crippen molar-refractivity contribution in [2.75, 3.05) is 32.8 Å². The van der Waals surface area contributed by atoms with Crippen LogP contribution in [0.2, 0.25) is 0 Å². The van der Waals surface area contributed by atoms with E-state index < -0.39 is 0 Å². The summed E-state index contributed by atoms with van der Waals surface area (Å²) in [6.07, 6.45) is 6.32. The van der Waals surface area contributed by atoms with Crippen LogP contribution < -0.4 is 4.74 Å². The summed E-state index contributed by atoms with van der Waals surface area (Å²) in [7, 11) is 0. The van der Waals surface area contributed by atoms with E-state index in [0.29, 0.717) is 17.8 Å². The van der Waals surface area contributed by atoms with E-state index in [4.69, 9.17) is 4.74 Å². The highest BCUT2D eigenvalue weighted by Crippen LogP contribution is 2.41. The quantitative estimate of drug-likeness (QED) is 0.701. The normalized spacial score (nSPS) is 18.4. The van der Waals surface area contributed by atoms with Crippen molar-refractivity contribution in [3.05, 3.63) is 59.9 Å². The zero-order valence-electron chi connectivity index (χ0n) is 18.2. The highest BCUT2D eigenvalue weighted by atomic mass is 16.5. The van der Waals surface area contributed by atoms with Crippen LogP contribution in [-0.4, -0.2) is 53.5 Å². The number of benzene rings is 1. The van der Waals surface area contributed by atoms with Crippen molar-refractivity contribution in [1.29, 1.82) is 0 Å². The lowest BCUT2D eigenvalue weighted by Crippen LogP contribution is -2.62. The van der Waals surface area contributed by atoms with Crippen molar-refractivity contribution in [1.82, 2.24) is 14.8 Å². The topological polar surface area (TPSA) is 45.7 Å². The van der Waals surface area contributed by atoms with E-state index in [1.807, 2.05) is 17.0 Å². The van der Waals surface area contributed by atoms with Gasteiger partial charge in [-0.1, -0.05) is 32.0 Å². The van der Waals surface area contributed by atoms with Crippen molar-refractivity contribution in [3.8, 4) is 5.75 Å². The van der Waals surface area contributed by atoms with Gasteiger partial charge in [0.1, 0.15) is 5.75 Å². The van der Waals surface area contributed by atoms with E-state index in [-0.39, 0.29) is 5.91 Å². The largest absolute Gasteiger partial charge is 0.493 e.